The molecular weight excluding hydrogens is 224 g/mol. The second-order valence-corrected chi connectivity index (χ2v) is 3.38. The molecule has 2 rings (SSSR count). The zero-order valence-electron chi connectivity index (χ0n) is 9.54. The van der Waals surface area contributed by atoms with Crippen LogP contribution in [0.5, 0.6) is 0 Å². The van der Waals surface area contributed by atoms with Gasteiger partial charge in [0, 0.05) is 6.20 Å². The molecule has 0 saturated heterocycles. The first-order chi connectivity index (χ1) is 8.17. The van der Waals surface area contributed by atoms with Crippen molar-refractivity contribution in [2.75, 3.05) is 6.61 Å². The maximum atomic E-state index is 11.6. The normalized spacial score (nSPS) is 10.8. The molecule has 0 aliphatic heterocycles. The Morgan fingerprint density at radius 3 is 3.00 bits per heavy atom. The third kappa shape index (κ3) is 1.96. The summed E-state index contributed by atoms with van der Waals surface area (Å²) in [6.45, 7) is 3.49. The first kappa shape index (κ1) is 11.5. The summed E-state index contributed by atoms with van der Waals surface area (Å²) in [5, 5.41) is 13.0. The van der Waals surface area contributed by atoms with Gasteiger partial charge in [-0.25, -0.2) is 14.3 Å². The Hall–Kier alpha value is -2.02. The molecule has 1 N–H and O–H groups in total. The molecule has 0 spiro atoms. The summed E-state index contributed by atoms with van der Waals surface area (Å²) in [7, 11) is 0. The van der Waals surface area contributed by atoms with Gasteiger partial charge in [0.15, 0.2) is 5.82 Å². The van der Waals surface area contributed by atoms with Crippen LogP contribution in [0.4, 0.5) is 0 Å². The van der Waals surface area contributed by atoms with E-state index in [1.54, 1.807) is 13.8 Å². The third-order valence-corrected chi connectivity index (χ3v) is 2.29. The molecule has 0 unspecified atom stereocenters. The first-order valence-corrected chi connectivity index (χ1v) is 5.16. The summed E-state index contributed by atoms with van der Waals surface area (Å²) in [4.78, 5) is 19.6. The van der Waals surface area contributed by atoms with Gasteiger partial charge in [0.1, 0.15) is 6.61 Å². The van der Waals surface area contributed by atoms with Crippen molar-refractivity contribution in [1.82, 2.24) is 19.6 Å². The minimum Gasteiger partial charge on any atom is -0.462 e. The number of carbonyl (C=O) groups excluding carboxylic acids is 1. The Balaban J connectivity index is 2.52. The van der Waals surface area contributed by atoms with E-state index in [9.17, 15) is 4.79 Å². The average molecular weight is 236 g/mol. The second-order valence-electron chi connectivity index (χ2n) is 3.38. The minimum atomic E-state index is -0.444. The van der Waals surface area contributed by atoms with Crippen molar-refractivity contribution in [3.63, 3.8) is 0 Å². The summed E-state index contributed by atoms with van der Waals surface area (Å²) in [5.41, 5.74) is 0.925. The molecule has 0 aliphatic rings. The highest BCUT2D eigenvalue weighted by atomic mass is 16.5. The summed E-state index contributed by atoms with van der Waals surface area (Å²) in [6, 6.07) is 0. The number of nitrogens with zero attached hydrogens (tertiary/aromatic N) is 4. The minimum absolute atomic E-state index is 0.265. The van der Waals surface area contributed by atoms with E-state index in [4.69, 9.17) is 9.84 Å². The van der Waals surface area contributed by atoms with E-state index in [1.165, 1.54) is 10.7 Å². The van der Waals surface area contributed by atoms with Gasteiger partial charge in [-0.2, -0.15) is 4.98 Å². The topological polar surface area (TPSA) is 89.6 Å². The zero-order chi connectivity index (χ0) is 12.4. The Morgan fingerprint density at radius 1 is 1.59 bits per heavy atom. The standard InChI is InChI=1S/C10H12N4O3/c1-3-17-9(16)7-4-11-10-12-8(5-15)13-14(10)6(7)2/h4,15H,3,5H2,1-2H3. The molecule has 0 fully saturated rings. The van der Waals surface area contributed by atoms with Crippen LogP contribution in [-0.2, 0) is 11.3 Å². The first-order valence-electron chi connectivity index (χ1n) is 5.16. The fraction of sp³-hybridized carbons (Fsp3) is 0.400. The van der Waals surface area contributed by atoms with Crippen LogP contribution >= 0.6 is 0 Å². The number of ether oxygens (including phenoxy) is 1. The lowest BCUT2D eigenvalue weighted by atomic mass is 10.2. The van der Waals surface area contributed by atoms with Gasteiger partial charge in [-0.05, 0) is 13.8 Å². The molecule has 0 aliphatic carbocycles. The highest BCUT2D eigenvalue weighted by Gasteiger charge is 2.15. The number of aliphatic hydroxyl groups excluding tert-OH is 1. The number of aryl methyl sites for hydroxylation is 1. The fourth-order valence-corrected chi connectivity index (χ4v) is 1.46. The number of hydrogen-bond donors (Lipinski definition) is 1. The lowest BCUT2D eigenvalue weighted by Crippen LogP contribution is -2.11. The van der Waals surface area contributed by atoms with Gasteiger partial charge >= 0.3 is 5.97 Å². The molecule has 0 amide bonds. The highest BCUT2D eigenvalue weighted by molar-refractivity contribution is 5.90. The van der Waals surface area contributed by atoms with Crippen molar-refractivity contribution in [3.8, 4) is 0 Å². The molecule has 0 atom stereocenters. The molecule has 0 saturated carbocycles. The number of carbonyl (C=O) groups is 1. The van der Waals surface area contributed by atoms with Crippen LogP contribution < -0.4 is 0 Å². The van der Waals surface area contributed by atoms with Gasteiger partial charge in [-0.1, -0.05) is 0 Å². The molecule has 7 nitrogen and oxygen atoms in total. The van der Waals surface area contributed by atoms with Crippen molar-refractivity contribution in [1.29, 1.82) is 0 Å². The van der Waals surface area contributed by atoms with E-state index in [0.717, 1.165) is 0 Å². The Morgan fingerprint density at radius 2 is 2.35 bits per heavy atom. The van der Waals surface area contributed by atoms with Crippen molar-refractivity contribution in [2.45, 2.75) is 20.5 Å². The van der Waals surface area contributed by atoms with E-state index in [1.807, 2.05) is 0 Å². The van der Waals surface area contributed by atoms with E-state index >= 15 is 0 Å². The lowest BCUT2D eigenvalue weighted by Gasteiger charge is -2.05. The largest absolute Gasteiger partial charge is 0.462 e. The number of rotatable bonds is 3. The van der Waals surface area contributed by atoms with Crippen LogP contribution in [0.15, 0.2) is 6.20 Å². The number of aliphatic hydroxyl groups is 1. The van der Waals surface area contributed by atoms with Gasteiger partial charge in [0.25, 0.3) is 5.78 Å². The van der Waals surface area contributed by atoms with Crippen LogP contribution in [0.1, 0.15) is 28.8 Å². The van der Waals surface area contributed by atoms with Crippen LogP contribution in [-0.4, -0.2) is 37.3 Å². The van der Waals surface area contributed by atoms with Gasteiger partial charge in [-0.15, -0.1) is 5.10 Å². The third-order valence-electron chi connectivity index (χ3n) is 2.29. The van der Waals surface area contributed by atoms with Crippen molar-refractivity contribution in [2.24, 2.45) is 0 Å². The van der Waals surface area contributed by atoms with Gasteiger partial charge in [0.2, 0.25) is 0 Å². The van der Waals surface area contributed by atoms with E-state index in [-0.39, 0.29) is 12.4 Å². The summed E-state index contributed by atoms with van der Waals surface area (Å²) in [6.07, 6.45) is 1.40. The maximum absolute atomic E-state index is 11.6. The van der Waals surface area contributed by atoms with Crippen LogP contribution in [0.25, 0.3) is 5.78 Å². The molecule has 2 aromatic rings. The zero-order valence-corrected chi connectivity index (χ0v) is 9.54. The molecular formula is C10H12N4O3. The van der Waals surface area contributed by atoms with Crippen molar-refractivity contribution < 1.29 is 14.6 Å². The quantitative estimate of drug-likeness (QED) is 0.760. The van der Waals surface area contributed by atoms with Crippen molar-refractivity contribution >= 4 is 11.7 Å². The second kappa shape index (κ2) is 4.46. The molecule has 7 heteroatoms. The summed E-state index contributed by atoms with van der Waals surface area (Å²) >= 11 is 0. The number of fused-ring (bicyclic) bond motifs is 1. The summed E-state index contributed by atoms with van der Waals surface area (Å²) < 4.78 is 6.32. The van der Waals surface area contributed by atoms with Gasteiger partial charge < -0.3 is 9.84 Å². The monoisotopic (exact) mass is 236 g/mol. The predicted molar refractivity (Wildman–Crippen MR) is 57.4 cm³/mol. The van der Waals surface area contributed by atoms with Gasteiger partial charge in [-0.3, -0.25) is 0 Å². The Labute approximate surface area is 97.1 Å². The van der Waals surface area contributed by atoms with E-state index in [0.29, 0.717) is 23.6 Å². The summed E-state index contributed by atoms with van der Waals surface area (Å²) in [5.74, 6) is 0.168. The predicted octanol–water partition coefficient (Wildman–Crippen LogP) is 0.102. The molecule has 90 valence electrons. The highest BCUT2D eigenvalue weighted by Crippen LogP contribution is 2.10. The fourth-order valence-electron chi connectivity index (χ4n) is 1.46. The van der Waals surface area contributed by atoms with Crippen LogP contribution in [0.2, 0.25) is 0 Å². The van der Waals surface area contributed by atoms with Crippen LogP contribution in [0.3, 0.4) is 0 Å². The molecule has 0 radical (unpaired) electrons. The number of aromatic nitrogens is 4. The smallest absolute Gasteiger partial charge is 0.341 e. The Kier molecular flexibility index (Phi) is 3.01. The lowest BCUT2D eigenvalue weighted by molar-refractivity contribution is 0.0524. The van der Waals surface area contributed by atoms with E-state index < -0.39 is 5.97 Å². The van der Waals surface area contributed by atoms with Gasteiger partial charge in [0.05, 0.1) is 17.9 Å². The average Bonchev–Trinajstić information content (AvgIpc) is 2.73. The van der Waals surface area contributed by atoms with Crippen LogP contribution in [0, 0.1) is 6.92 Å². The molecule has 0 aromatic carbocycles. The SMILES string of the molecule is CCOC(=O)c1cnc2nc(CO)nn2c1C. The maximum Gasteiger partial charge on any atom is 0.341 e. The number of hydrogen-bond acceptors (Lipinski definition) is 6. The Bertz CT molecular complexity index is 564. The molecule has 2 heterocycles. The van der Waals surface area contributed by atoms with E-state index in [2.05, 4.69) is 15.1 Å². The molecule has 2 aromatic heterocycles. The molecule has 17 heavy (non-hydrogen) atoms. The number of esters is 1. The molecule has 0 bridgehead atoms. The van der Waals surface area contributed by atoms with Crippen molar-refractivity contribution in [3.05, 3.63) is 23.3 Å².